The lowest BCUT2D eigenvalue weighted by Crippen LogP contribution is -2.44. The molecule has 68 valence electrons. The summed E-state index contributed by atoms with van der Waals surface area (Å²) in [5.74, 6) is 0.721. The number of nitrogens with zero attached hydrogens (tertiary/aromatic N) is 1. The predicted octanol–water partition coefficient (Wildman–Crippen LogP) is 1.82. The molecule has 0 aromatic heterocycles. The Balaban J connectivity index is 2.60. The smallest absolute Gasteiger partial charge is 0.246 e. The van der Waals surface area contributed by atoms with E-state index in [9.17, 15) is 4.79 Å². The topological polar surface area (TPSA) is 20.3 Å². The van der Waals surface area contributed by atoms with Crippen LogP contribution >= 0.6 is 0 Å². The van der Waals surface area contributed by atoms with Crippen LogP contribution in [0.25, 0.3) is 0 Å². The van der Waals surface area contributed by atoms with Crippen molar-refractivity contribution in [2.24, 2.45) is 5.92 Å². The Morgan fingerprint density at radius 2 is 2.17 bits per heavy atom. The average Bonchev–Trinajstić information content (AvgIpc) is 2.08. The number of amides is 1. The Labute approximate surface area is 74.2 Å². The first-order chi connectivity index (χ1) is 5.65. The molecule has 0 saturated carbocycles. The molecule has 1 rings (SSSR count). The molecule has 2 heteroatoms. The second-order valence-corrected chi connectivity index (χ2v) is 3.73. The van der Waals surface area contributed by atoms with Gasteiger partial charge in [-0.1, -0.05) is 13.5 Å². The summed E-state index contributed by atoms with van der Waals surface area (Å²) in [4.78, 5) is 13.2. The summed E-state index contributed by atoms with van der Waals surface area (Å²) in [7, 11) is 0. The molecule has 0 aliphatic carbocycles. The quantitative estimate of drug-likeness (QED) is 0.545. The maximum absolute atomic E-state index is 11.3. The fourth-order valence-electron chi connectivity index (χ4n) is 1.71. The number of carbonyl (C=O) groups is 1. The van der Waals surface area contributed by atoms with E-state index in [1.807, 2.05) is 4.90 Å². The van der Waals surface area contributed by atoms with Crippen LogP contribution in [0.2, 0.25) is 0 Å². The van der Waals surface area contributed by atoms with Crippen LogP contribution in [-0.4, -0.2) is 23.4 Å². The first kappa shape index (κ1) is 9.30. The van der Waals surface area contributed by atoms with Crippen LogP contribution in [0, 0.1) is 5.92 Å². The summed E-state index contributed by atoms with van der Waals surface area (Å²) < 4.78 is 0. The molecule has 0 aromatic carbocycles. The van der Waals surface area contributed by atoms with Gasteiger partial charge in [-0.15, -0.1) is 0 Å². The van der Waals surface area contributed by atoms with Gasteiger partial charge in [0.1, 0.15) is 0 Å². The molecule has 0 bridgehead atoms. The van der Waals surface area contributed by atoms with Crippen LogP contribution in [0.5, 0.6) is 0 Å². The highest BCUT2D eigenvalue weighted by atomic mass is 16.2. The molecule has 1 heterocycles. The second-order valence-electron chi connectivity index (χ2n) is 3.73. The third-order valence-corrected chi connectivity index (χ3v) is 2.58. The lowest BCUT2D eigenvalue weighted by Gasteiger charge is -2.36. The Morgan fingerprint density at radius 1 is 1.50 bits per heavy atom. The normalized spacial score (nSPS) is 30.0. The lowest BCUT2D eigenvalue weighted by molar-refractivity contribution is -0.130. The highest BCUT2D eigenvalue weighted by Crippen LogP contribution is 2.21. The average molecular weight is 167 g/mol. The first-order valence-corrected chi connectivity index (χ1v) is 4.58. The number of likely N-dealkylation sites (tertiary alicyclic amines) is 1. The van der Waals surface area contributed by atoms with Gasteiger partial charge in [0.15, 0.2) is 0 Å². The van der Waals surface area contributed by atoms with Crippen molar-refractivity contribution in [1.82, 2.24) is 4.90 Å². The summed E-state index contributed by atoms with van der Waals surface area (Å²) in [6.45, 7) is 8.69. The first-order valence-electron chi connectivity index (χ1n) is 4.58. The molecule has 2 nitrogen and oxygen atoms in total. The van der Waals surface area contributed by atoms with Gasteiger partial charge in [-0.3, -0.25) is 4.79 Å². The van der Waals surface area contributed by atoms with E-state index in [0.29, 0.717) is 12.0 Å². The van der Waals surface area contributed by atoms with E-state index < -0.39 is 0 Å². The van der Waals surface area contributed by atoms with Crippen molar-refractivity contribution in [3.05, 3.63) is 12.7 Å². The van der Waals surface area contributed by atoms with E-state index in [0.717, 1.165) is 13.0 Å². The molecule has 12 heavy (non-hydrogen) atoms. The second kappa shape index (κ2) is 3.74. The highest BCUT2D eigenvalue weighted by Gasteiger charge is 2.24. The zero-order chi connectivity index (χ0) is 9.14. The molecule has 0 N–H and O–H groups in total. The Morgan fingerprint density at radius 3 is 2.75 bits per heavy atom. The summed E-state index contributed by atoms with van der Waals surface area (Å²) in [5, 5.41) is 0. The molecule has 0 unspecified atom stereocenters. The van der Waals surface area contributed by atoms with Crippen LogP contribution in [-0.2, 0) is 4.79 Å². The molecule has 1 amide bonds. The van der Waals surface area contributed by atoms with Gasteiger partial charge in [0.25, 0.3) is 0 Å². The molecular formula is C10H17NO. The molecule has 0 aromatic rings. The number of carbonyl (C=O) groups excluding carboxylic acids is 1. The summed E-state index contributed by atoms with van der Waals surface area (Å²) >= 11 is 0. The van der Waals surface area contributed by atoms with E-state index in [4.69, 9.17) is 0 Å². The minimum absolute atomic E-state index is 0.0778. The number of piperidine rings is 1. The number of hydrogen-bond acceptors (Lipinski definition) is 1. The molecule has 0 spiro atoms. The SMILES string of the molecule is C=CC(=O)N1C[C@H](C)CC[C@@H]1C. The molecule has 1 fully saturated rings. The highest BCUT2D eigenvalue weighted by molar-refractivity contribution is 5.87. The van der Waals surface area contributed by atoms with Gasteiger partial charge in [0.2, 0.25) is 5.91 Å². The van der Waals surface area contributed by atoms with Crippen LogP contribution in [0.1, 0.15) is 26.7 Å². The van der Waals surface area contributed by atoms with Gasteiger partial charge in [-0.05, 0) is 31.8 Å². The zero-order valence-electron chi connectivity index (χ0n) is 7.92. The molecular weight excluding hydrogens is 150 g/mol. The summed E-state index contributed by atoms with van der Waals surface area (Å²) in [6.07, 6.45) is 3.78. The van der Waals surface area contributed by atoms with Gasteiger partial charge in [0, 0.05) is 12.6 Å². The fourth-order valence-corrected chi connectivity index (χ4v) is 1.71. The van der Waals surface area contributed by atoms with Crippen LogP contribution < -0.4 is 0 Å². The van der Waals surface area contributed by atoms with Crippen molar-refractivity contribution in [2.45, 2.75) is 32.7 Å². The molecule has 2 atom stereocenters. The van der Waals surface area contributed by atoms with Gasteiger partial charge < -0.3 is 4.90 Å². The van der Waals surface area contributed by atoms with Crippen LogP contribution in [0.4, 0.5) is 0 Å². The zero-order valence-corrected chi connectivity index (χ0v) is 7.92. The van der Waals surface area contributed by atoms with Gasteiger partial charge in [-0.25, -0.2) is 0 Å². The fraction of sp³-hybridized carbons (Fsp3) is 0.700. The van der Waals surface area contributed by atoms with Gasteiger partial charge in [0.05, 0.1) is 0 Å². The van der Waals surface area contributed by atoms with Crippen molar-refractivity contribution in [3.8, 4) is 0 Å². The maximum Gasteiger partial charge on any atom is 0.246 e. The largest absolute Gasteiger partial charge is 0.336 e. The third kappa shape index (κ3) is 1.87. The standard InChI is InChI=1S/C10H17NO/c1-4-10(12)11-7-8(2)5-6-9(11)3/h4,8-9H,1,5-7H2,2-3H3/t8-,9+/m1/s1. The van der Waals surface area contributed by atoms with Crippen molar-refractivity contribution in [3.63, 3.8) is 0 Å². The minimum atomic E-state index is 0.0778. The van der Waals surface area contributed by atoms with E-state index in [1.165, 1.54) is 12.5 Å². The maximum atomic E-state index is 11.3. The monoisotopic (exact) mass is 167 g/mol. The van der Waals surface area contributed by atoms with Gasteiger partial charge in [-0.2, -0.15) is 0 Å². The summed E-state index contributed by atoms with van der Waals surface area (Å²) in [6, 6.07) is 0.395. The van der Waals surface area contributed by atoms with E-state index in [-0.39, 0.29) is 5.91 Å². The van der Waals surface area contributed by atoms with E-state index in [1.54, 1.807) is 0 Å². The predicted molar refractivity (Wildman–Crippen MR) is 49.8 cm³/mol. The number of rotatable bonds is 1. The van der Waals surface area contributed by atoms with Crippen molar-refractivity contribution in [1.29, 1.82) is 0 Å². The Kier molecular flexibility index (Phi) is 2.90. The molecule has 1 aliphatic rings. The van der Waals surface area contributed by atoms with Crippen LogP contribution in [0.3, 0.4) is 0 Å². The summed E-state index contributed by atoms with van der Waals surface area (Å²) in [5.41, 5.74) is 0. The molecule has 1 saturated heterocycles. The van der Waals surface area contributed by atoms with Crippen molar-refractivity contribution in [2.75, 3.05) is 6.54 Å². The van der Waals surface area contributed by atoms with E-state index in [2.05, 4.69) is 20.4 Å². The van der Waals surface area contributed by atoms with E-state index >= 15 is 0 Å². The molecule has 0 radical (unpaired) electrons. The Hall–Kier alpha value is -0.790. The van der Waals surface area contributed by atoms with Crippen molar-refractivity contribution < 1.29 is 4.79 Å². The van der Waals surface area contributed by atoms with Crippen molar-refractivity contribution >= 4 is 5.91 Å². The number of hydrogen-bond donors (Lipinski definition) is 0. The minimum Gasteiger partial charge on any atom is -0.336 e. The third-order valence-electron chi connectivity index (χ3n) is 2.58. The van der Waals surface area contributed by atoms with Crippen LogP contribution in [0.15, 0.2) is 12.7 Å². The Bertz CT molecular complexity index is 188. The molecule has 1 aliphatic heterocycles. The lowest BCUT2D eigenvalue weighted by atomic mass is 9.95. The van der Waals surface area contributed by atoms with Gasteiger partial charge >= 0.3 is 0 Å².